The van der Waals surface area contributed by atoms with Gasteiger partial charge in [-0.05, 0) is 46.2 Å². The normalized spacial score (nSPS) is 47.6. The van der Waals surface area contributed by atoms with Gasteiger partial charge in [0.15, 0.2) is 0 Å². The van der Waals surface area contributed by atoms with Crippen molar-refractivity contribution in [2.75, 3.05) is 0 Å². The minimum Gasteiger partial charge on any atom is -0.454 e. The lowest BCUT2D eigenvalue weighted by atomic mass is 10.1. The largest absolute Gasteiger partial charge is 0.454 e. The fraction of sp³-hybridized carbons (Fsp3) is 0.588. The van der Waals surface area contributed by atoms with Crippen molar-refractivity contribution in [3.63, 3.8) is 0 Å². The molecule has 0 amide bonds. The average Bonchev–Trinajstić information content (AvgIpc) is 2.39. The Labute approximate surface area is 154 Å². The molecule has 124 valence electrons. The second kappa shape index (κ2) is 5.05. The summed E-state index contributed by atoms with van der Waals surface area (Å²) in [4.78, 5) is 12.6. The van der Waals surface area contributed by atoms with Crippen molar-refractivity contribution in [2.45, 2.75) is 56.5 Å². The summed E-state index contributed by atoms with van der Waals surface area (Å²) in [6, 6.07) is 9.33. The lowest BCUT2D eigenvalue weighted by molar-refractivity contribution is 0.0251. The first-order chi connectivity index (χ1) is 10.7. The third kappa shape index (κ3) is 2.64. The Hall–Kier alpha value is 0.0900. The fourth-order valence-corrected chi connectivity index (χ4v) is 16.9. The van der Waals surface area contributed by atoms with Crippen LogP contribution in [0.1, 0.15) is 44.5 Å². The van der Waals surface area contributed by atoms with Gasteiger partial charge in [-0.3, -0.25) is 0 Å². The molecule has 4 aliphatic rings. The second-order valence-corrected chi connectivity index (χ2v) is 15.9. The summed E-state index contributed by atoms with van der Waals surface area (Å²) in [6.07, 6.45) is 1.09. The van der Waals surface area contributed by atoms with Crippen molar-refractivity contribution in [1.82, 2.24) is 0 Å². The molecule has 0 saturated carbocycles. The number of esters is 1. The molecule has 0 radical (unpaired) electrons. The maximum absolute atomic E-state index is 12.6. The zero-order chi connectivity index (χ0) is 16.5. The van der Waals surface area contributed by atoms with Crippen LogP contribution in [-0.4, -0.2) is 28.4 Å². The number of rotatable bonds is 2. The van der Waals surface area contributed by atoms with Crippen LogP contribution < -0.4 is 0 Å². The lowest BCUT2D eigenvalue weighted by Crippen LogP contribution is -2.66. The highest BCUT2D eigenvalue weighted by atomic mass is 32.3. The van der Waals surface area contributed by atoms with Crippen molar-refractivity contribution in [3.05, 3.63) is 35.9 Å². The molecule has 4 bridgehead atoms. The molecular weight excluding hydrogens is 364 g/mol. The zero-order valence-corrected chi connectivity index (χ0v) is 16.9. The van der Waals surface area contributed by atoms with E-state index < -0.39 is 0 Å². The molecule has 23 heavy (non-hydrogen) atoms. The molecule has 0 aliphatic carbocycles. The van der Waals surface area contributed by atoms with Crippen LogP contribution >= 0.6 is 47.0 Å². The average molecular weight is 385 g/mol. The zero-order valence-electron chi connectivity index (χ0n) is 13.6. The highest BCUT2D eigenvalue weighted by Crippen LogP contribution is 2.81. The predicted molar refractivity (Wildman–Crippen MR) is 104 cm³/mol. The number of carbonyl (C=O) groups excluding carboxylic acids is 1. The molecule has 4 heterocycles. The van der Waals surface area contributed by atoms with Gasteiger partial charge in [-0.15, -0.1) is 47.0 Å². The van der Waals surface area contributed by atoms with Crippen LogP contribution in [0.4, 0.5) is 0 Å². The van der Waals surface area contributed by atoms with Crippen molar-refractivity contribution in [3.8, 4) is 0 Å². The van der Waals surface area contributed by atoms with Gasteiger partial charge in [0.25, 0.3) is 0 Å². The minimum atomic E-state index is -0.205. The molecule has 1 aromatic rings. The van der Waals surface area contributed by atoms with Gasteiger partial charge in [0.05, 0.1) is 13.7 Å². The first kappa shape index (κ1) is 16.6. The predicted octanol–water partition coefficient (Wildman–Crippen LogP) is 5.44. The third-order valence-electron chi connectivity index (χ3n) is 4.50. The molecule has 4 fully saturated rings. The molecule has 5 rings (SSSR count). The van der Waals surface area contributed by atoms with E-state index in [1.807, 2.05) is 77.4 Å². The van der Waals surface area contributed by atoms with Crippen molar-refractivity contribution in [1.29, 1.82) is 0 Å². The van der Waals surface area contributed by atoms with Gasteiger partial charge in [-0.1, -0.05) is 18.2 Å². The standard InChI is InChI=1S/C17H20O2S4/c1-14-10-15(2)22-16(3,20-14)13(17(4,21-14)23-15)19-12(18)11-8-6-5-7-9-11/h5-9,13H,10H2,1-4H3. The molecule has 6 heteroatoms. The fourth-order valence-electron chi connectivity index (χ4n) is 4.18. The van der Waals surface area contributed by atoms with Gasteiger partial charge < -0.3 is 4.74 Å². The Morgan fingerprint density at radius 3 is 1.91 bits per heavy atom. The minimum absolute atomic E-state index is 0.0859. The summed E-state index contributed by atoms with van der Waals surface area (Å²) < 4.78 is 6.34. The molecule has 4 saturated heterocycles. The molecule has 1 aromatic carbocycles. The number of ether oxygens (including phenoxy) is 1. The quantitative estimate of drug-likeness (QED) is 0.630. The number of thioether (sulfide) groups is 4. The lowest BCUT2D eigenvalue weighted by Gasteiger charge is -2.68. The SMILES string of the molecule is CC12CC3(C)SC(C)(S1)C(OC(=O)c1ccccc1)C(C)(S2)S3. The number of benzene rings is 1. The van der Waals surface area contributed by atoms with Crippen LogP contribution in [0.5, 0.6) is 0 Å². The molecular formula is C17H20O2S4. The number of hydrogen-bond donors (Lipinski definition) is 0. The van der Waals surface area contributed by atoms with E-state index in [2.05, 4.69) is 27.7 Å². The van der Waals surface area contributed by atoms with Gasteiger partial charge in [0.1, 0.15) is 14.3 Å². The number of carbonyl (C=O) groups is 1. The summed E-state index contributed by atoms with van der Waals surface area (Å²) >= 11 is 7.96. The summed E-state index contributed by atoms with van der Waals surface area (Å²) in [5.41, 5.74) is 0.635. The summed E-state index contributed by atoms with van der Waals surface area (Å²) in [5.74, 6) is -0.205. The van der Waals surface area contributed by atoms with Gasteiger partial charge in [0, 0.05) is 0 Å². The Morgan fingerprint density at radius 1 is 0.957 bits per heavy atom. The Kier molecular flexibility index (Phi) is 3.64. The van der Waals surface area contributed by atoms with Crippen LogP contribution in [-0.2, 0) is 4.74 Å². The van der Waals surface area contributed by atoms with Crippen LogP contribution in [0.3, 0.4) is 0 Å². The Morgan fingerprint density at radius 2 is 1.43 bits per heavy atom. The first-order valence-corrected chi connectivity index (χ1v) is 11.0. The molecule has 0 atom stereocenters. The maximum Gasteiger partial charge on any atom is 0.338 e. The highest BCUT2D eigenvalue weighted by Gasteiger charge is 2.71. The summed E-state index contributed by atoms with van der Waals surface area (Å²) in [7, 11) is 0. The van der Waals surface area contributed by atoms with Gasteiger partial charge in [0.2, 0.25) is 0 Å². The van der Waals surface area contributed by atoms with E-state index in [4.69, 9.17) is 4.74 Å². The smallest absolute Gasteiger partial charge is 0.338 e. The van der Waals surface area contributed by atoms with Crippen molar-refractivity contribution >= 4 is 53.0 Å². The van der Waals surface area contributed by atoms with Crippen molar-refractivity contribution < 1.29 is 9.53 Å². The molecule has 2 nitrogen and oxygen atoms in total. The molecule has 0 unspecified atom stereocenters. The van der Waals surface area contributed by atoms with Crippen LogP contribution in [0.2, 0.25) is 0 Å². The first-order valence-electron chi connectivity index (χ1n) is 7.72. The summed E-state index contributed by atoms with van der Waals surface area (Å²) in [5, 5.41) is 0. The monoisotopic (exact) mass is 384 g/mol. The van der Waals surface area contributed by atoms with E-state index in [0.29, 0.717) is 5.56 Å². The van der Waals surface area contributed by atoms with E-state index in [9.17, 15) is 4.79 Å². The summed E-state index contributed by atoms with van der Waals surface area (Å²) in [6.45, 7) is 9.23. The van der Waals surface area contributed by atoms with Gasteiger partial charge in [-0.25, -0.2) is 4.79 Å². The van der Waals surface area contributed by atoms with E-state index in [0.717, 1.165) is 0 Å². The highest BCUT2D eigenvalue weighted by molar-refractivity contribution is 8.38. The molecule has 0 spiro atoms. The topological polar surface area (TPSA) is 26.3 Å². The molecule has 4 aliphatic heterocycles. The van der Waals surface area contributed by atoms with Gasteiger partial charge >= 0.3 is 5.97 Å². The molecule has 0 aromatic heterocycles. The van der Waals surface area contributed by atoms with Crippen LogP contribution in [0.15, 0.2) is 30.3 Å². The Bertz CT molecular complexity index is 618. The van der Waals surface area contributed by atoms with Crippen LogP contribution in [0.25, 0.3) is 0 Å². The Balaban J connectivity index is 1.66. The van der Waals surface area contributed by atoms with Crippen molar-refractivity contribution in [2.24, 2.45) is 0 Å². The van der Waals surface area contributed by atoms with E-state index in [-0.39, 0.29) is 28.4 Å². The van der Waals surface area contributed by atoms with E-state index >= 15 is 0 Å². The maximum atomic E-state index is 12.6. The third-order valence-corrected chi connectivity index (χ3v) is 11.3. The second-order valence-electron chi connectivity index (χ2n) is 7.04. The van der Waals surface area contributed by atoms with Gasteiger partial charge in [-0.2, -0.15) is 0 Å². The van der Waals surface area contributed by atoms with E-state index in [1.54, 1.807) is 0 Å². The van der Waals surface area contributed by atoms with E-state index in [1.165, 1.54) is 6.42 Å². The molecule has 0 N–H and O–H groups in total. The van der Waals surface area contributed by atoms with Crippen LogP contribution in [0, 0.1) is 0 Å². The number of hydrogen-bond acceptors (Lipinski definition) is 6.